The lowest BCUT2D eigenvalue weighted by atomic mass is 9.83. The molecule has 1 aromatic rings. The Morgan fingerprint density at radius 1 is 1.05 bits per heavy atom. The van der Waals surface area contributed by atoms with Gasteiger partial charge >= 0.3 is 0 Å². The van der Waals surface area contributed by atoms with Crippen molar-refractivity contribution in [2.45, 2.75) is 38.5 Å². The molecular formula is C19H26NO+. The van der Waals surface area contributed by atoms with Gasteiger partial charge in [-0.15, -0.1) is 0 Å². The fourth-order valence-corrected chi connectivity index (χ4v) is 3.75. The number of rotatable bonds is 3. The molecule has 2 aliphatic rings. The van der Waals surface area contributed by atoms with E-state index in [-0.39, 0.29) is 5.92 Å². The van der Waals surface area contributed by atoms with Crippen LogP contribution in [0.15, 0.2) is 35.9 Å². The first-order valence-electron chi connectivity index (χ1n) is 8.46. The first kappa shape index (κ1) is 14.5. The second-order valence-corrected chi connectivity index (χ2v) is 6.55. The molecule has 0 bridgehead atoms. The number of ketones is 1. The number of quaternary nitrogens is 1. The standard InChI is InChI=1S/C19H25NO/c21-19-17(14-16-8-3-1-4-9-16)10-7-11-18(19)15-20-12-5-2-6-13-20/h1,3-4,8-9,14,18H,2,5-7,10-13,15H2/p+1/b17-14+/t18-/m1/s1. The second kappa shape index (κ2) is 7.04. The highest BCUT2D eigenvalue weighted by molar-refractivity contribution is 6.01. The smallest absolute Gasteiger partial charge is 0.167 e. The monoisotopic (exact) mass is 284 g/mol. The molecule has 0 unspecified atom stereocenters. The zero-order chi connectivity index (χ0) is 14.5. The summed E-state index contributed by atoms with van der Waals surface area (Å²) in [5, 5.41) is 0. The van der Waals surface area contributed by atoms with Gasteiger partial charge in [0.25, 0.3) is 0 Å². The maximum atomic E-state index is 12.7. The fraction of sp³-hybridized carbons (Fsp3) is 0.526. The molecule has 1 atom stereocenters. The number of likely N-dealkylation sites (tertiary alicyclic amines) is 1. The van der Waals surface area contributed by atoms with Crippen molar-refractivity contribution >= 4 is 11.9 Å². The molecule has 0 spiro atoms. The van der Waals surface area contributed by atoms with Crippen molar-refractivity contribution in [1.82, 2.24) is 0 Å². The highest BCUT2D eigenvalue weighted by Crippen LogP contribution is 2.26. The molecule has 2 fully saturated rings. The summed E-state index contributed by atoms with van der Waals surface area (Å²) in [6.45, 7) is 3.59. The Morgan fingerprint density at radius 2 is 1.81 bits per heavy atom. The average molecular weight is 284 g/mol. The van der Waals surface area contributed by atoms with Gasteiger partial charge in [0.05, 0.1) is 25.6 Å². The maximum absolute atomic E-state index is 12.7. The van der Waals surface area contributed by atoms with E-state index in [1.54, 1.807) is 4.90 Å². The number of allylic oxidation sites excluding steroid dienone is 1. The third-order valence-electron chi connectivity index (χ3n) is 4.92. The molecule has 1 saturated carbocycles. The highest BCUT2D eigenvalue weighted by Gasteiger charge is 2.30. The van der Waals surface area contributed by atoms with Crippen LogP contribution >= 0.6 is 0 Å². The van der Waals surface area contributed by atoms with Crippen molar-refractivity contribution in [3.8, 4) is 0 Å². The molecule has 2 heteroatoms. The van der Waals surface area contributed by atoms with E-state index in [2.05, 4.69) is 18.2 Å². The number of carbonyl (C=O) groups is 1. The Hall–Kier alpha value is -1.41. The predicted octanol–water partition coefficient (Wildman–Crippen LogP) is 2.51. The van der Waals surface area contributed by atoms with Crippen LogP contribution in [0.3, 0.4) is 0 Å². The zero-order valence-corrected chi connectivity index (χ0v) is 12.8. The zero-order valence-electron chi connectivity index (χ0n) is 12.8. The third kappa shape index (κ3) is 3.82. The van der Waals surface area contributed by atoms with Crippen LogP contribution in [-0.4, -0.2) is 25.4 Å². The predicted molar refractivity (Wildman–Crippen MR) is 86.2 cm³/mol. The van der Waals surface area contributed by atoms with Crippen molar-refractivity contribution in [1.29, 1.82) is 0 Å². The molecule has 1 aliphatic heterocycles. The van der Waals surface area contributed by atoms with Crippen molar-refractivity contribution < 1.29 is 9.69 Å². The minimum absolute atomic E-state index is 0.266. The van der Waals surface area contributed by atoms with Gasteiger partial charge in [0.1, 0.15) is 0 Å². The quantitative estimate of drug-likeness (QED) is 0.846. The molecule has 0 radical (unpaired) electrons. The SMILES string of the molecule is O=C1/C(=C/c2ccccc2)CCC[C@@H]1C[NH+]1CCCCC1. The van der Waals surface area contributed by atoms with E-state index in [9.17, 15) is 4.79 Å². The number of hydrogen-bond donors (Lipinski definition) is 1. The minimum Gasteiger partial charge on any atom is -0.334 e. The van der Waals surface area contributed by atoms with Gasteiger partial charge in [-0.05, 0) is 55.7 Å². The van der Waals surface area contributed by atoms with Crippen LogP contribution < -0.4 is 4.90 Å². The molecule has 21 heavy (non-hydrogen) atoms. The van der Waals surface area contributed by atoms with E-state index in [4.69, 9.17) is 0 Å². The van der Waals surface area contributed by atoms with Crippen LogP contribution in [0.25, 0.3) is 6.08 Å². The molecule has 1 heterocycles. The number of carbonyl (C=O) groups excluding carboxylic acids is 1. The van der Waals surface area contributed by atoms with Gasteiger partial charge in [-0.3, -0.25) is 4.79 Å². The largest absolute Gasteiger partial charge is 0.334 e. The lowest BCUT2D eigenvalue weighted by Crippen LogP contribution is -3.13. The van der Waals surface area contributed by atoms with E-state index in [1.807, 2.05) is 18.2 Å². The summed E-state index contributed by atoms with van der Waals surface area (Å²) in [4.78, 5) is 14.4. The minimum atomic E-state index is 0.266. The molecule has 2 nitrogen and oxygen atoms in total. The molecule has 1 N–H and O–H groups in total. The van der Waals surface area contributed by atoms with Crippen molar-refractivity contribution in [2.75, 3.05) is 19.6 Å². The number of nitrogens with one attached hydrogen (secondary N) is 1. The average Bonchev–Trinajstić information content (AvgIpc) is 2.53. The molecule has 0 amide bonds. The van der Waals surface area contributed by atoms with Crippen LogP contribution in [0, 0.1) is 5.92 Å². The summed E-state index contributed by atoms with van der Waals surface area (Å²) in [7, 11) is 0. The van der Waals surface area contributed by atoms with Gasteiger partial charge in [0, 0.05) is 0 Å². The van der Waals surface area contributed by atoms with Gasteiger partial charge in [-0.2, -0.15) is 0 Å². The van der Waals surface area contributed by atoms with Gasteiger partial charge in [0.2, 0.25) is 0 Å². The topological polar surface area (TPSA) is 21.5 Å². The van der Waals surface area contributed by atoms with Crippen LogP contribution in [0.1, 0.15) is 44.1 Å². The summed E-state index contributed by atoms with van der Waals surface area (Å²) in [6, 6.07) is 10.3. The molecule has 3 rings (SSSR count). The fourth-order valence-electron chi connectivity index (χ4n) is 3.75. The third-order valence-corrected chi connectivity index (χ3v) is 4.92. The summed E-state index contributed by atoms with van der Waals surface area (Å²) in [5.41, 5.74) is 2.21. The van der Waals surface area contributed by atoms with Gasteiger partial charge in [-0.1, -0.05) is 30.3 Å². The molecule has 112 valence electrons. The van der Waals surface area contributed by atoms with Gasteiger partial charge in [-0.25, -0.2) is 0 Å². The van der Waals surface area contributed by atoms with Crippen molar-refractivity contribution in [2.24, 2.45) is 5.92 Å². The number of piperidine rings is 1. The lowest BCUT2D eigenvalue weighted by Gasteiger charge is -2.29. The molecule has 1 saturated heterocycles. The van der Waals surface area contributed by atoms with Crippen LogP contribution in [-0.2, 0) is 4.79 Å². The van der Waals surface area contributed by atoms with E-state index in [1.165, 1.54) is 38.8 Å². The first-order chi connectivity index (χ1) is 10.3. The first-order valence-corrected chi connectivity index (χ1v) is 8.46. The molecule has 1 aliphatic carbocycles. The highest BCUT2D eigenvalue weighted by atomic mass is 16.1. The molecular weight excluding hydrogens is 258 g/mol. The maximum Gasteiger partial charge on any atom is 0.167 e. The van der Waals surface area contributed by atoms with E-state index in [0.717, 1.165) is 30.5 Å². The Balaban J connectivity index is 1.67. The normalized spacial score (nSPS) is 26.2. The van der Waals surface area contributed by atoms with E-state index in [0.29, 0.717) is 5.78 Å². The summed E-state index contributed by atoms with van der Waals surface area (Å²) in [5.74, 6) is 0.685. The van der Waals surface area contributed by atoms with E-state index >= 15 is 0 Å². The van der Waals surface area contributed by atoms with E-state index < -0.39 is 0 Å². The summed E-state index contributed by atoms with van der Waals surface area (Å²) < 4.78 is 0. The van der Waals surface area contributed by atoms with Crippen molar-refractivity contribution in [3.05, 3.63) is 41.5 Å². The van der Waals surface area contributed by atoms with Crippen LogP contribution in [0.2, 0.25) is 0 Å². The second-order valence-electron chi connectivity index (χ2n) is 6.55. The van der Waals surface area contributed by atoms with Gasteiger partial charge < -0.3 is 4.90 Å². The Bertz CT molecular complexity index is 500. The van der Waals surface area contributed by atoms with Crippen molar-refractivity contribution in [3.63, 3.8) is 0 Å². The summed E-state index contributed by atoms with van der Waals surface area (Å²) in [6.07, 6.45) is 9.38. The lowest BCUT2D eigenvalue weighted by molar-refractivity contribution is -0.907. The molecule has 1 aromatic carbocycles. The number of Topliss-reactive ketones (excluding diaryl/α,β-unsaturated/α-hetero) is 1. The molecule has 0 aromatic heterocycles. The Kier molecular flexibility index (Phi) is 4.87. The van der Waals surface area contributed by atoms with Crippen LogP contribution in [0.4, 0.5) is 0 Å². The summed E-state index contributed by atoms with van der Waals surface area (Å²) >= 11 is 0. The number of hydrogen-bond acceptors (Lipinski definition) is 1. The number of benzene rings is 1. The van der Waals surface area contributed by atoms with Crippen LogP contribution in [0.5, 0.6) is 0 Å². The Labute approximate surface area is 127 Å². The Morgan fingerprint density at radius 3 is 2.57 bits per heavy atom. The van der Waals surface area contributed by atoms with Gasteiger partial charge in [0.15, 0.2) is 5.78 Å².